The first-order chi connectivity index (χ1) is 20.5. The summed E-state index contributed by atoms with van der Waals surface area (Å²) in [6.45, 7) is 3.02. The summed E-state index contributed by atoms with van der Waals surface area (Å²) < 4.78 is 22.4. The molecule has 1 heterocycles. The van der Waals surface area contributed by atoms with Gasteiger partial charge in [0.05, 0.1) is 6.10 Å². The molecule has 1 fully saturated rings. The van der Waals surface area contributed by atoms with Crippen molar-refractivity contribution in [2.75, 3.05) is 6.61 Å². The molecule has 6 atom stereocenters. The molecule has 1 aliphatic rings. The quantitative estimate of drug-likeness (QED) is 0.0638. The van der Waals surface area contributed by atoms with E-state index in [0.717, 1.165) is 57.8 Å². The van der Waals surface area contributed by atoms with Crippen molar-refractivity contribution in [3.05, 3.63) is 0 Å². The number of carboxylic acid groups (broad SMARTS) is 2. The molecule has 0 aromatic rings. The fraction of sp³-hybridized carbons (Fsp3) is 0.871. The lowest BCUT2D eigenvalue weighted by molar-refractivity contribution is -0.315. The van der Waals surface area contributed by atoms with Crippen LogP contribution in [-0.2, 0) is 38.1 Å². The fourth-order valence-corrected chi connectivity index (χ4v) is 5.13. The lowest BCUT2D eigenvalue weighted by atomic mass is 9.98. The van der Waals surface area contributed by atoms with Gasteiger partial charge in [-0.3, -0.25) is 19.2 Å². The van der Waals surface area contributed by atoms with Crippen molar-refractivity contribution in [1.82, 2.24) is 0 Å². The lowest BCUT2D eigenvalue weighted by Crippen LogP contribution is -2.61. The van der Waals surface area contributed by atoms with Crippen LogP contribution in [0.15, 0.2) is 0 Å². The number of hydrogen-bond donors (Lipinski definition) is 4. The maximum atomic E-state index is 12.2. The Labute approximate surface area is 255 Å². The summed E-state index contributed by atoms with van der Waals surface area (Å²) in [5.74, 6) is -3.88. The van der Waals surface area contributed by atoms with Crippen LogP contribution in [0.1, 0.15) is 129 Å². The van der Waals surface area contributed by atoms with Gasteiger partial charge in [0.25, 0.3) is 0 Å². The molecule has 250 valence electrons. The zero-order valence-corrected chi connectivity index (χ0v) is 26.0. The minimum absolute atomic E-state index is 0.195. The predicted molar refractivity (Wildman–Crippen MR) is 156 cm³/mol. The average Bonchev–Trinajstić information content (AvgIpc) is 2.93. The van der Waals surface area contributed by atoms with Crippen molar-refractivity contribution in [3.8, 4) is 0 Å². The van der Waals surface area contributed by atoms with Crippen molar-refractivity contribution in [1.29, 1.82) is 0 Å². The molecular weight excluding hydrogens is 564 g/mol. The van der Waals surface area contributed by atoms with Gasteiger partial charge in [-0.1, -0.05) is 90.4 Å². The van der Waals surface area contributed by atoms with E-state index in [1.807, 2.05) is 0 Å². The van der Waals surface area contributed by atoms with Crippen molar-refractivity contribution in [3.63, 3.8) is 0 Å². The van der Waals surface area contributed by atoms with Gasteiger partial charge in [-0.25, -0.2) is 0 Å². The Morgan fingerprint density at radius 3 is 1.79 bits per heavy atom. The first-order valence-electron chi connectivity index (χ1n) is 16.0. The number of aliphatic hydroxyl groups is 2. The highest BCUT2D eigenvalue weighted by Gasteiger charge is 2.48. The highest BCUT2D eigenvalue weighted by molar-refractivity contribution is 5.90. The highest BCUT2D eigenvalue weighted by atomic mass is 16.7. The van der Waals surface area contributed by atoms with Gasteiger partial charge >= 0.3 is 23.9 Å². The topological polar surface area (TPSA) is 186 Å². The van der Waals surface area contributed by atoms with E-state index in [0.29, 0.717) is 19.3 Å². The van der Waals surface area contributed by atoms with Gasteiger partial charge in [0.15, 0.2) is 12.4 Å². The van der Waals surface area contributed by atoms with Gasteiger partial charge in [-0.05, 0) is 19.3 Å². The molecule has 1 saturated heterocycles. The first kappa shape index (κ1) is 38.7. The van der Waals surface area contributed by atoms with Crippen molar-refractivity contribution in [2.24, 2.45) is 0 Å². The van der Waals surface area contributed by atoms with Crippen molar-refractivity contribution in [2.45, 2.75) is 166 Å². The molecule has 12 heteroatoms. The summed E-state index contributed by atoms with van der Waals surface area (Å²) in [6, 6.07) is 0. The average molecular weight is 619 g/mol. The summed E-state index contributed by atoms with van der Waals surface area (Å²) in [5, 5.41) is 39.1. The van der Waals surface area contributed by atoms with Crippen LogP contribution in [-0.4, -0.2) is 87.7 Å². The maximum absolute atomic E-state index is 12.2. The summed E-state index contributed by atoms with van der Waals surface area (Å²) in [7, 11) is 0. The van der Waals surface area contributed by atoms with Crippen LogP contribution in [0.5, 0.6) is 0 Å². The number of aliphatic hydroxyl groups excluding tert-OH is 2. The molecule has 0 bridgehead atoms. The van der Waals surface area contributed by atoms with E-state index < -0.39 is 61.0 Å². The highest BCUT2D eigenvalue weighted by Crippen LogP contribution is 2.28. The Morgan fingerprint density at radius 2 is 1.28 bits per heavy atom. The third kappa shape index (κ3) is 18.2. The number of carbonyl (C=O) groups is 4. The van der Waals surface area contributed by atoms with Crippen molar-refractivity contribution < 1.29 is 58.6 Å². The number of rotatable bonds is 25. The Kier molecular flexibility index (Phi) is 20.9. The van der Waals surface area contributed by atoms with E-state index in [2.05, 4.69) is 6.92 Å². The largest absolute Gasteiger partial charge is 0.481 e. The van der Waals surface area contributed by atoms with Crippen LogP contribution in [0.25, 0.3) is 0 Å². The SMILES string of the molecule is CCCCCCCCC[C@@H](CCCCCCCCCC(=O)O)O[C@H]1O[C@@H](COC(C)=O)[C@@H](O)[C@@H](O)[C@H]1OC(=O)CC(=O)O. The minimum atomic E-state index is -1.66. The van der Waals surface area contributed by atoms with Crippen LogP contribution in [0, 0.1) is 0 Å². The Bertz CT molecular complexity index is 804. The summed E-state index contributed by atoms with van der Waals surface area (Å²) in [4.78, 5) is 45.2. The molecule has 0 unspecified atom stereocenters. The molecule has 1 rings (SSSR count). The third-order valence-electron chi connectivity index (χ3n) is 7.53. The summed E-state index contributed by atoms with van der Waals surface area (Å²) >= 11 is 0. The van der Waals surface area contributed by atoms with E-state index in [1.54, 1.807) is 0 Å². The first-order valence-corrected chi connectivity index (χ1v) is 16.0. The summed E-state index contributed by atoms with van der Waals surface area (Å²) in [6.07, 6.45) is 7.37. The van der Waals surface area contributed by atoms with E-state index in [9.17, 15) is 29.4 Å². The Morgan fingerprint density at radius 1 is 0.744 bits per heavy atom. The van der Waals surface area contributed by atoms with Gasteiger partial charge in [0.2, 0.25) is 0 Å². The number of carbonyl (C=O) groups excluding carboxylic acids is 2. The van der Waals surface area contributed by atoms with Crippen LogP contribution >= 0.6 is 0 Å². The summed E-state index contributed by atoms with van der Waals surface area (Å²) in [5.41, 5.74) is 0. The van der Waals surface area contributed by atoms with E-state index in [-0.39, 0.29) is 19.1 Å². The predicted octanol–water partition coefficient (Wildman–Crippen LogP) is 4.50. The molecule has 0 aromatic heterocycles. The van der Waals surface area contributed by atoms with E-state index in [1.165, 1.54) is 32.6 Å². The molecule has 12 nitrogen and oxygen atoms in total. The second-order valence-corrected chi connectivity index (χ2v) is 11.4. The van der Waals surface area contributed by atoms with Crippen LogP contribution in [0.2, 0.25) is 0 Å². The molecule has 43 heavy (non-hydrogen) atoms. The van der Waals surface area contributed by atoms with Crippen LogP contribution < -0.4 is 0 Å². The standard InChI is InChI=1S/C31H54O12/c1-3-4-5-6-8-11-14-17-23(18-15-12-9-7-10-13-16-19-25(33)34)41-31-30(43-27(37)20-26(35)36)29(39)28(38)24(42-31)21-40-22(2)32/h23-24,28-31,38-39H,3-21H2,1-2H3,(H,33,34)(H,35,36)/t23-,24-,28+,29+,30+,31-/m0/s1. The van der Waals surface area contributed by atoms with E-state index in [4.69, 9.17) is 29.2 Å². The Hall–Kier alpha value is -2.28. The number of esters is 2. The Balaban J connectivity index is 2.84. The zero-order chi connectivity index (χ0) is 32.0. The number of hydrogen-bond acceptors (Lipinski definition) is 10. The maximum Gasteiger partial charge on any atom is 0.317 e. The van der Waals surface area contributed by atoms with Gasteiger partial charge in [-0.15, -0.1) is 0 Å². The number of aliphatic carboxylic acids is 2. The molecule has 0 amide bonds. The molecule has 1 aliphatic heterocycles. The monoisotopic (exact) mass is 618 g/mol. The number of ether oxygens (including phenoxy) is 4. The smallest absolute Gasteiger partial charge is 0.317 e. The molecule has 0 spiro atoms. The number of carboxylic acids is 2. The molecule has 0 radical (unpaired) electrons. The molecular formula is C31H54O12. The van der Waals surface area contributed by atoms with E-state index >= 15 is 0 Å². The minimum Gasteiger partial charge on any atom is -0.481 e. The van der Waals surface area contributed by atoms with Crippen LogP contribution in [0.3, 0.4) is 0 Å². The zero-order valence-electron chi connectivity index (χ0n) is 26.0. The second kappa shape index (κ2) is 23.1. The molecule has 0 aromatic carbocycles. The van der Waals surface area contributed by atoms with Crippen molar-refractivity contribution >= 4 is 23.9 Å². The van der Waals surface area contributed by atoms with Crippen LogP contribution in [0.4, 0.5) is 0 Å². The van der Waals surface area contributed by atoms with Gasteiger partial charge in [-0.2, -0.15) is 0 Å². The van der Waals surface area contributed by atoms with Gasteiger partial charge < -0.3 is 39.4 Å². The third-order valence-corrected chi connectivity index (χ3v) is 7.53. The molecule has 0 saturated carbocycles. The molecule has 4 N–H and O–H groups in total. The molecule has 0 aliphatic carbocycles. The fourth-order valence-electron chi connectivity index (χ4n) is 5.13. The van der Waals surface area contributed by atoms with Gasteiger partial charge in [0.1, 0.15) is 31.3 Å². The second-order valence-electron chi connectivity index (χ2n) is 11.4. The lowest BCUT2D eigenvalue weighted by Gasteiger charge is -2.42. The normalized spacial score (nSPS) is 22.6. The van der Waals surface area contributed by atoms with Gasteiger partial charge in [0, 0.05) is 13.3 Å². The number of unbranched alkanes of at least 4 members (excludes halogenated alkanes) is 12.